The van der Waals surface area contributed by atoms with E-state index < -0.39 is 66.8 Å². The van der Waals surface area contributed by atoms with Crippen molar-refractivity contribution >= 4 is 5.97 Å². The maximum Gasteiger partial charge on any atom is 0.310 e. The molecule has 0 aromatic heterocycles. The van der Waals surface area contributed by atoms with Gasteiger partial charge in [0, 0.05) is 17.8 Å². The van der Waals surface area contributed by atoms with Gasteiger partial charge in [-0.15, -0.1) is 0 Å². The maximum atomic E-state index is 13.5. The Labute approximate surface area is 260 Å². The number of hydrogen-bond acceptors (Lipinski definition) is 13. The normalized spacial score (nSPS) is 34.9. The average molecular weight is 631 g/mol. The highest BCUT2D eigenvalue weighted by Gasteiger charge is 2.56. The summed E-state index contributed by atoms with van der Waals surface area (Å²) < 4.78 is 58.4. The SMILES string of the molecule is COc1cc([C@@H]2c3cc4c(cc3[C@H](OC3OC5COC(C(C)C)OC5C(O)C3O)C3COC(=O)[C@@H]32)OCO4)cc(OC)c1OC. The molecule has 3 saturated heterocycles. The summed E-state index contributed by atoms with van der Waals surface area (Å²) in [5, 5.41) is 22.3. The lowest BCUT2D eigenvalue weighted by molar-refractivity contribution is -0.371. The van der Waals surface area contributed by atoms with Gasteiger partial charge in [0.25, 0.3) is 0 Å². The van der Waals surface area contributed by atoms with Gasteiger partial charge in [-0.3, -0.25) is 4.79 Å². The number of hydrogen-bond donors (Lipinski definition) is 2. The molecule has 244 valence electrons. The fourth-order valence-electron chi connectivity index (χ4n) is 7.17. The van der Waals surface area contributed by atoms with Crippen LogP contribution >= 0.6 is 0 Å². The first-order valence-electron chi connectivity index (χ1n) is 15.1. The van der Waals surface area contributed by atoms with Gasteiger partial charge >= 0.3 is 5.97 Å². The Balaban J connectivity index is 1.29. The number of cyclic esters (lactones) is 1. The molecule has 7 rings (SSSR count). The molecule has 13 heteroatoms. The summed E-state index contributed by atoms with van der Waals surface area (Å²) in [5.74, 6) is 0.328. The minimum absolute atomic E-state index is 0.0462. The topological polar surface area (TPSA) is 150 Å². The fraction of sp³-hybridized carbons (Fsp3) is 0.594. The van der Waals surface area contributed by atoms with Crippen LogP contribution in [0.15, 0.2) is 24.3 Å². The van der Waals surface area contributed by atoms with Crippen LogP contribution in [-0.4, -0.2) is 94.5 Å². The van der Waals surface area contributed by atoms with E-state index in [-0.39, 0.29) is 25.9 Å². The number of aliphatic hydroxyl groups excluding tert-OH is 2. The van der Waals surface area contributed by atoms with Crippen LogP contribution < -0.4 is 23.7 Å². The number of rotatable bonds is 7. The predicted molar refractivity (Wildman–Crippen MR) is 152 cm³/mol. The van der Waals surface area contributed by atoms with Gasteiger partial charge < -0.3 is 57.6 Å². The third-order valence-corrected chi connectivity index (χ3v) is 9.35. The van der Waals surface area contributed by atoms with Gasteiger partial charge in [0.05, 0.1) is 46.6 Å². The summed E-state index contributed by atoms with van der Waals surface area (Å²) in [6.07, 6.45) is -6.74. The number of fused-ring (bicyclic) bond motifs is 4. The van der Waals surface area contributed by atoms with Crippen molar-refractivity contribution in [3.63, 3.8) is 0 Å². The van der Waals surface area contributed by atoms with Gasteiger partial charge in [-0.25, -0.2) is 0 Å². The number of benzene rings is 2. The number of methoxy groups -OCH3 is 3. The molecule has 3 fully saturated rings. The average Bonchev–Trinajstić information content (AvgIpc) is 3.67. The molecule has 5 aliphatic rings. The van der Waals surface area contributed by atoms with Crippen LogP contribution in [0.3, 0.4) is 0 Å². The first kappa shape index (κ1) is 30.3. The van der Waals surface area contributed by atoms with E-state index in [0.29, 0.717) is 34.3 Å². The lowest BCUT2D eigenvalue weighted by atomic mass is 9.66. The molecule has 2 N–H and O–H groups in total. The molecule has 45 heavy (non-hydrogen) atoms. The van der Waals surface area contributed by atoms with Crippen LogP contribution in [0.5, 0.6) is 28.7 Å². The first-order valence-corrected chi connectivity index (χ1v) is 15.1. The molecule has 4 aliphatic heterocycles. The van der Waals surface area contributed by atoms with Crippen LogP contribution in [0.2, 0.25) is 0 Å². The molecule has 13 nitrogen and oxygen atoms in total. The van der Waals surface area contributed by atoms with Gasteiger partial charge in [-0.2, -0.15) is 0 Å². The molecular formula is C32H38O13. The number of ether oxygens (including phenoxy) is 10. The van der Waals surface area contributed by atoms with E-state index in [1.165, 1.54) is 21.3 Å². The van der Waals surface area contributed by atoms with Crippen molar-refractivity contribution in [2.24, 2.45) is 17.8 Å². The third-order valence-electron chi connectivity index (χ3n) is 9.35. The Bertz CT molecular complexity index is 1420. The van der Waals surface area contributed by atoms with Crippen LogP contribution in [0.1, 0.15) is 42.6 Å². The molecule has 2 aromatic carbocycles. The van der Waals surface area contributed by atoms with Crippen LogP contribution in [-0.2, 0) is 28.5 Å². The van der Waals surface area contributed by atoms with Crippen molar-refractivity contribution in [3.05, 3.63) is 41.0 Å². The lowest BCUT2D eigenvalue weighted by Gasteiger charge is -2.48. The van der Waals surface area contributed by atoms with Crippen LogP contribution in [0.4, 0.5) is 0 Å². The zero-order valence-electron chi connectivity index (χ0n) is 25.7. The van der Waals surface area contributed by atoms with Crippen molar-refractivity contribution < 1.29 is 62.4 Å². The largest absolute Gasteiger partial charge is 0.493 e. The first-order chi connectivity index (χ1) is 21.7. The molecule has 7 unspecified atom stereocenters. The van der Waals surface area contributed by atoms with Gasteiger partial charge in [-0.05, 0) is 41.0 Å². The molecular weight excluding hydrogens is 592 g/mol. The van der Waals surface area contributed by atoms with Gasteiger partial charge in [-0.1, -0.05) is 13.8 Å². The van der Waals surface area contributed by atoms with Crippen molar-refractivity contribution in [2.75, 3.05) is 41.3 Å². The second kappa shape index (κ2) is 11.8. The van der Waals surface area contributed by atoms with E-state index >= 15 is 0 Å². The number of aliphatic hydroxyl groups is 2. The van der Waals surface area contributed by atoms with E-state index in [4.69, 9.17) is 47.4 Å². The van der Waals surface area contributed by atoms with Crippen molar-refractivity contribution in [2.45, 2.75) is 62.9 Å². The molecule has 0 spiro atoms. The highest BCUT2D eigenvalue weighted by molar-refractivity contribution is 5.79. The van der Waals surface area contributed by atoms with Gasteiger partial charge in [0.2, 0.25) is 12.5 Å². The molecule has 10 atom stereocenters. The second-order valence-corrected chi connectivity index (χ2v) is 12.2. The Morgan fingerprint density at radius 3 is 2.18 bits per heavy atom. The molecule has 2 aromatic rings. The van der Waals surface area contributed by atoms with E-state index in [2.05, 4.69) is 0 Å². The summed E-state index contributed by atoms with van der Waals surface area (Å²) in [4.78, 5) is 13.5. The molecule has 4 heterocycles. The lowest BCUT2D eigenvalue weighted by Crippen LogP contribution is -2.63. The third kappa shape index (κ3) is 4.97. The molecule has 0 amide bonds. The summed E-state index contributed by atoms with van der Waals surface area (Å²) in [7, 11) is 4.59. The summed E-state index contributed by atoms with van der Waals surface area (Å²) in [6.45, 7) is 4.17. The Morgan fingerprint density at radius 2 is 1.53 bits per heavy atom. The smallest absolute Gasteiger partial charge is 0.310 e. The second-order valence-electron chi connectivity index (χ2n) is 12.2. The molecule has 1 aliphatic carbocycles. The standard InChI is InChI=1S/C32H38O13/c1-13(2)31-40-11-22-29(45-31)25(33)26(34)32(43-22)44-27-16-9-19-18(41-12-42-19)8-15(16)23(24-17(27)10-39-30(24)35)14-6-20(36-3)28(38-5)21(7-14)37-4/h6-9,13,17,22-27,29,31-34H,10-12H2,1-5H3/t17?,22?,23-,24+,25?,26?,27+,29?,31?,32?/m1/s1. The highest BCUT2D eigenvalue weighted by atomic mass is 16.8. The van der Waals surface area contributed by atoms with Crippen molar-refractivity contribution in [1.82, 2.24) is 0 Å². The summed E-state index contributed by atoms with van der Waals surface area (Å²) in [5.41, 5.74) is 2.19. The van der Waals surface area contributed by atoms with Crippen LogP contribution in [0, 0.1) is 17.8 Å². The van der Waals surface area contributed by atoms with E-state index in [1.54, 1.807) is 0 Å². The highest BCUT2D eigenvalue weighted by Crippen LogP contribution is 2.57. The predicted octanol–water partition coefficient (Wildman–Crippen LogP) is 2.28. The quantitative estimate of drug-likeness (QED) is 0.431. The Kier molecular flexibility index (Phi) is 7.95. The van der Waals surface area contributed by atoms with Gasteiger partial charge in [0.1, 0.15) is 24.4 Å². The van der Waals surface area contributed by atoms with E-state index in [1.807, 2.05) is 38.1 Å². The van der Waals surface area contributed by atoms with Crippen LogP contribution in [0.25, 0.3) is 0 Å². The summed E-state index contributed by atoms with van der Waals surface area (Å²) >= 11 is 0. The monoisotopic (exact) mass is 630 g/mol. The summed E-state index contributed by atoms with van der Waals surface area (Å²) in [6, 6.07) is 7.33. The number of carbonyl (C=O) groups is 1. The zero-order valence-corrected chi connectivity index (χ0v) is 25.7. The Hall–Kier alpha value is -3.33. The number of esters is 1. The molecule has 0 saturated carbocycles. The fourth-order valence-corrected chi connectivity index (χ4v) is 7.17. The molecule has 0 radical (unpaired) electrons. The van der Waals surface area contributed by atoms with E-state index in [9.17, 15) is 15.0 Å². The zero-order chi connectivity index (χ0) is 31.6. The number of carbonyl (C=O) groups excluding carboxylic acids is 1. The minimum atomic E-state index is -1.43. The minimum Gasteiger partial charge on any atom is -0.493 e. The van der Waals surface area contributed by atoms with E-state index in [0.717, 1.165) is 11.1 Å². The van der Waals surface area contributed by atoms with Crippen molar-refractivity contribution in [3.8, 4) is 28.7 Å². The van der Waals surface area contributed by atoms with Gasteiger partial charge in [0.15, 0.2) is 35.6 Å². The van der Waals surface area contributed by atoms with Crippen molar-refractivity contribution in [1.29, 1.82) is 0 Å². The Morgan fingerprint density at radius 1 is 0.844 bits per heavy atom. The molecule has 0 bridgehead atoms. The maximum absolute atomic E-state index is 13.5.